The quantitative estimate of drug-likeness (QED) is 0.435. The van der Waals surface area contributed by atoms with E-state index in [1.807, 2.05) is 6.20 Å². The maximum Gasteiger partial charge on any atom is 0.0657 e. The van der Waals surface area contributed by atoms with Crippen LogP contribution in [0, 0.1) is 11.8 Å². The predicted molar refractivity (Wildman–Crippen MR) is 79.9 cm³/mol. The summed E-state index contributed by atoms with van der Waals surface area (Å²) in [6.07, 6.45) is 7.99. The van der Waals surface area contributed by atoms with Gasteiger partial charge in [-0.15, -0.1) is 0 Å². The highest BCUT2D eigenvalue weighted by molar-refractivity contribution is 5.09. The van der Waals surface area contributed by atoms with Crippen LogP contribution in [0.3, 0.4) is 0 Å². The van der Waals surface area contributed by atoms with Crippen molar-refractivity contribution in [2.75, 3.05) is 13.7 Å². The van der Waals surface area contributed by atoms with Crippen LogP contribution in [0.5, 0.6) is 0 Å². The maximum absolute atomic E-state index is 5.84. The lowest BCUT2D eigenvalue weighted by molar-refractivity contribution is 0.188. The van der Waals surface area contributed by atoms with Crippen LogP contribution in [-0.4, -0.2) is 23.5 Å². The van der Waals surface area contributed by atoms with E-state index in [1.54, 1.807) is 7.11 Å². The standard InChI is InChI=1S/C15H28N4O/c1-3-12-5-6-13(11-12)15(18-16)14-7-8-17-19(14)9-4-10-20-2/h7-8,12-13,15,18H,3-6,9-11,16H2,1-2H3. The van der Waals surface area contributed by atoms with Crippen LogP contribution < -0.4 is 11.3 Å². The fraction of sp³-hybridized carbons (Fsp3) is 0.800. The normalized spacial score (nSPS) is 24.1. The molecule has 3 atom stereocenters. The van der Waals surface area contributed by atoms with Gasteiger partial charge in [0.15, 0.2) is 0 Å². The molecule has 1 fully saturated rings. The molecule has 5 heteroatoms. The minimum absolute atomic E-state index is 0.219. The highest BCUT2D eigenvalue weighted by Gasteiger charge is 2.31. The zero-order chi connectivity index (χ0) is 14.4. The van der Waals surface area contributed by atoms with Gasteiger partial charge in [-0.1, -0.05) is 19.8 Å². The fourth-order valence-electron chi connectivity index (χ4n) is 3.40. The van der Waals surface area contributed by atoms with Crippen molar-refractivity contribution in [3.63, 3.8) is 0 Å². The van der Waals surface area contributed by atoms with Crippen LogP contribution in [-0.2, 0) is 11.3 Å². The van der Waals surface area contributed by atoms with Crippen molar-refractivity contribution in [1.82, 2.24) is 15.2 Å². The summed E-state index contributed by atoms with van der Waals surface area (Å²) in [5.41, 5.74) is 4.24. The molecule has 1 heterocycles. The third-order valence-electron chi connectivity index (χ3n) is 4.60. The van der Waals surface area contributed by atoms with E-state index < -0.39 is 0 Å². The summed E-state index contributed by atoms with van der Waals surface area (Å²) in [7, 11) is 1.73. The number of nitrogens with one attached hydrogen (secondary N) is 1. The lowest BCUT2D eigenvalue weighted by atomic mass is 9.94. The Balaban J connectivity index is 2.02. The van der Waals surface area contributed by atoms with Gasteiger partial charge in [-0.3, -0.25) is 16.0 Å². The van der Waals surface area contributed by atoms with E-state index in [-0.39, 0.29) is 6.04 Å². The SMILES string of the molecule is CCC1CCC(C(NN)c2ccnn2CCCOC)C1. The molecule has 1 aromatic heterocycles. The van der Waals surface area contributed by atoms with Crippen molar-refractivity contribution in [3.8, 4) is 0 Å². The molecule has 20 heavy (non-hydrogen) atoms. The third-order valence-corrected chi connectivity index (χ3v) is 4.60. The Hall–Kier alpha value is -0.910. The Kier molecular flexibility index (Phi) is 6.01. The molecule has 1 aliphatic carbocycles. The zero-order valence-electron chi connectivity index (χ0n) is 12.7. The first-order valence-corrected chi connectivity index (χ1v) is 7.76. The lowest BCUT2D eigenvalue weighted by Crippen LogP contribution is -2.34. The molecule has 1 saturated carbocycles. The summed E-state index contributed by atoms with van der Waals surface area (Å²) in [5, 5.41) is 4.43. The largest absolute Gasteiger partial charge is 0.385 e. The number of aromatic nitrogens is 2. The Labute approximate surface area is 121 Å². The van der Waals surface area contributed by atoms with Gasteiger partial charge in [0, 0.05) is 26.5 Å². The van der Waals surface area contributed by atoms with E-state index in [4.69, 9.17) is 10.6 Å². The van der Waals surface area contributed by atoms with Crippen LogP contribution in [0.4, 0.5) is 0 Å². The van der Waals surface area contributed by atoms with Crippen LogP contribution in [0.15, 0.2) is 12.3 Å². The highest BCUT2D eigenvalue weighted by Crippen LogP contribution is 2.39. The number of nitrogens with two attached hydrogens (primary N) is 1. The van der Waals surface area contributed by atoms with Crippen molar-refractivity contribution in [2.24, 2.45) is 17.7 Å². The van der Waals surface area contributed by atoms with Gasteiger partial charge in [0.2, 0.25) is 0 Å². The molecule has 3 unspecified atom stereocenters. The number of aryl methyl sites for hydroxylation is 1. The average molecular weight is 280 g/mol. The number of hydrazine groups is 1. The van der Waals surface area contributed by atoms with Crippen molar-refractivity contribution in [1.29, 1.82) is 0 Å². The summed E-state index contributed by atoms with van der Waals surface area (Å²) >= 11 is 0. The summed E-state index contributed by atoms with van der Waals surface area (Å²) < 4.78 is 7.19. The number of rotatable bonds is 8. The van der Waals surface area contributed by atoms with E-state index in [9.17, 15) is 0 Å². The van der Waals surface area contributed by atoms with Crippen LogP contribution in [0.2, 0.25) is 0 Å². The second-order valence-electron chi connectivity index (χ2n) is 5.82. The van der Waals surface area contributed by atoms with Crippen molar-refractivity contribution < 1.29 is 4.74 Å². The molecule has 0 spiro atoms. The summed E-state index contributed by atoms with van der Waals surface area (Å²) in [4.78, 5) is 0. The molecular weight excluding hydrogens is 252 g/mol. The molecule has 3 N–H and O–H groups in total. The molecule has 0 aliphatic heterocycles. The average Bonchev–Trinajstić information content (AvgIpc) is 3.10. The van der Waals surface area contributed by atoms with Crippen LogP contribution >= 0.6 is 0 Å². The second-order valence-corrected chi connectivity index (χ2v) is 5.82. The minimum Gasteiger partial charge on any atom is -0.385 e. The summed E-state index contributed by atoms with van der Waals surface area (Å²) in [5.74, 6) is 7.33. The Bertz CT molecular complexity index is 393. The van der Waals surface area contributed by atoms with Gasteiger partial charge in [0.05, 0.1) is 11.7 Å². The number of ether oxygens (including phenoxy) is 1. The van der Waals surface area contributed by atoms with Gasteiger partial charge in [-0.2, -0.15) is 5.10 Å². The zero-order valence-corrected chi connectivity index (χ0v) is 12.7. The predicted octanol–water partition coefficient (Wildman–Crippen LogP) is 2.25. The van der Waals surface area contributed by atoms with E-state index in [0.29, 0.717) is 5.92 Å². The number of nitrogens with zero attached hydrogens (tertiary/aromatic N) is 2. The van der Waals surface area contributed by atoms with E-state index in [0.717, 1.165) is 25.5 Å². The fourth-order valence-corrected chi connectivity index (χ4v) is 3.40. The van der Waals surface area contributed by atoms with Crippen LogP contribution in [0.1, 0.15) is 50.8 Å². The van der Waals surface area contributed by atoms with Crippen LogP contribution in [0.25, 0.3) is 0 Å². The van der Waals surface area contributed by atoms with E-state index in [1.165, 1.54) is 31.4 Å². The highest BCUT2D eigenvalue weighted by atomic mass is 16.5. The molecule has 0 saturated heterocycles. The molecule has 1 aliphatic rings. The molecule has 2 rings (SSSR count). The molecule has 1 aromatic rings. The topological polar surface area (TPSA) is 65.1 Å². The van der Waals surface area contributed by atoms with Gasteiger partial charge in [-0.05, 0) is 37.2 Å². The molecule has 5 nitrogen and oxygen atoms in total. The van der Waals surface area contributed by atoms with Crippen molar-refractivity contribution in [2.45, 2.75) is 51.6 Å². The second kappa shape index (κ2) is 7.76. The van der Waals surface area contributed by atoms with Gasteiger partial charge in [0.1, 0.15) is 0 Å². The molecule has 0 radical (unpaired) electrons. The number of hydrogen-bond acceptors (Lipinski definition) is 4. The van der Waals surface area contributed by atoms with E-state index in [2.05, 4.69) is 28.2 Å². The van der Waals surface area contributed by atoms with Gasteiger partial charge < -0.3 is 4.74 Å². The Morgan fingerprint density at radius 3 is 3.05 bits per heavy atom. The Morgan fingerprint density at radius 2 is 2.40 bits per heavy atom. The first-order chi connectivity index (χ1) is 9.80. The van der Waals surface area contributed by atoms with Crippen molar-refractivity contribution >= 4 is 0 Å². The molecule has 114 valence electrons. The minimum atomic E-state index is 0.219. The smallest absolute Gasteiger partial charge is 0.0657 e. The molecule has 0 aromatic carbocycles. The number of methoxy groups -OCH3 is 1. The summed E-state index contributed by atoms with van der Waals surface area (Å²) in [6, 6.07) is 2.31. The first-order valence-electron chi connectivity index (χ1n) is 7.76. The summed E-state index contributed by atoms with van der Waals surface area (Å²) in [6.45, 7) is 3.94. The third kappa shape index (κ3) is 3.59. The van der Waals surface area contributed by atoms with Crippen molar-refractivity contribution in [3.05, 3.63) is 18.0 Å². The van der Waals surface area contributed by atoms with Gasteiger partial charge in [-0.25, -0.2) is 0 Å². The lowest BCUT2D eigenvalue weighted by Gasteiger charge is -2.24. The van der Waals surface area contributed by atoms with E-state index >= 15 is 0 Å². The van der Waals surface area contributed by atoms with Gasteiger partial charge >= 0.3 is 0 Å². The number of hydrogen-bond donors (Lipinski definition) is 2. The molecule has 0 amide bonds. The maximum atomic E-state index is 5.84. The first kappa shape index (κ1) is 15.5. The molecular formula is C15H28N4O. The Morgan fingerprint density at radius 1 is 1.55 bits per heavy atom. The van der Waals surface area contributed by atoms with Gasteiger partial charge in [0.25, 0.3) is 0 Å². The monoisotopic (exact) mass is 280 g/mol. The molecule has 0 bridgehead atoms.